The average Bonchev–Trinajstić information content (AvgIpc) is 3.58. The van der Waals surface area contributed by atoms with Gasteiger partial charge in [0.2, 0.25) is 5.91 Å². The average molecular weight is 489 g/mol. The van der Waals surface area contributed by atoms with Crippen LogP contribution in [0.3, 0.4) is 0 Å². The molecule has 35 heavy (non-hydrogen) atoms. The Morgan fingerprint density at radius 1 is 1.17 bits per heavy atom. The Bertz CT molecular complexity index is 1620. The van der Waals surface area contributed by atoms with Crippen LogP contribution < -0.4 is 10.9 Å². The molecule has 10 heteroatoms. The summed E-state index contributed by atoms with van der Waals surface area (Å²) >= 11 is 1.45. The molecule has 0 saturated heterocycles. The molecule has 0 fully saturated rings. The van der Waals surface area contributed by atoms with Crippen molar-refractivity contribution in [1.29, 1.82) is 0 Å². The lowest BCUT2D eigenvalue weighted by atomic mass is 10.1. The molecule has 2 aromatic carbocycles. The van der Waals surface area contributed by atoms with Gasteiger partial charge < -0.3 is 10.3 Å². The fourth-order valence-corrected chi connectivity index (χ4v) is 5.64. The largest absolute Gasteiger partial charge is 0.361 e. The van der Waals surface area contributed by atoms with E-state index in [2.05, 4.69) is 26.4 Å². The van der Waals surface area contributed by atoms with Crippen molar-refractivity contribution >= 4 is 39.6 Å². The van der Waals surface area contributed by atoms with Crippen molar-refractivity contribution in [2.24, 2.45) is 0 Å². The number of thioether (sulfide) groups is 1. The predicted octanol–water partition coefficient (Wildman–Crippen LogP) is 3.60. The number of halogens is 1. The maximum absolute atomic E-state index is 13.3. The second kappa shape index (κ2) is 8.70. The zero-order valence-electron chi connectivity index (χ0n) is 18.6. The van der Waals surface area contributed by atoms with E-state index >= 15 is 0 Å². The first-order valence-electron chi connectivity index (χ1n) is 11.3. The van der Waals surface area contributed by atoms with Crippen LogP contribution in [-0.4, -0.2) is 42.5 Å². The van der Waals surface area contributed by atoms with Gasteiger partial charge in [-0.1, -0.05) is 30.0 Å². The van der Waals surface area contributed by atoms with E-state index in [-0.39, 0.29) is 29.7 Å². The summed E-state index contributed by atoms with van der Waals surface area (Å²) in [5.74, 6) is 0.142. The van der Waals surface area contributed by atoms with Crippen LogP contribution in [0.2, 0.25) is 0 Å². The third kappa shape index (κ3) is 3.89. The van der Waals surface area contributed by atoms with E-state index in [1.54, 1.807) is 16.7 Å². The molecule has 176 valence electrons. The molecule has 4 heterocycles. The van der Waals surface area contributed by atoms with Gasteiger partial charge in [-0.15, -0.1) is 0 Å². The van der Waals surface area contributed by atoms with E-state index in [1.165, 1.54) is 34.8 Å². The SMILES string of the molecule is O=C(CC1CSc2nc3c(cnn3-c3ccc(F)cc3)c(=O)n21)NCCc1c[nH]c2ccccc12. The van der Waals surface area contributed by atoms with Crippen molar-refractivity contribution in [3.63, 3.8) is 0 Å². The molecule has 6 rings (SSSR count). The highest BCUT2D eigenvalue weighted by Crippen LogP contribution is 2.33. The molecule has 2 N–H and O–H groups in total. The monoisotopic (exact) mass is 488 g/mol. The summed E-state index contributed by atoms with van der Waals surface area (Å²) in [5, 5.41) is 9.36. The lowest BCUT2D eigenvalue weighted by molar-refractivity contribution is -0.121. The Labute approximate surface area is 203 Å². The first kappa shape index (κ1) is 21.6. The molecule has 0 bridgehead atoms. The quantitative estimate of drug-likeness (QED) is 0.356. The zero-order valence-corrected chi connectivity index (χ0v) is 19.4. The molecular formula is C25H21FN6O2S. The molecule has 0 aliphatic carbocycles. The smallest absolute Gasteiger partial charge is 0.265 e. The summed E-state index contributed by atoms with van der Waals surface area (Å²) in [5.41, 5.74) is 3.05. The molecule has 0 saturated carbocycles. The number of carbonyl (C=O) groups is 1. The summed E-state index contributed by atoms with van der Waals surface area (Å²) in [6.45, 7) is 0.518. The summed E-state index contributed by atoms with van der Waals surface area (Å²) in [6.07, 6.45) is 4.37. The number of aromatic amines is 1. The molecule has 1 aliphatic rings. The first-order valence-corrected chi connectivity index (χ1v) is 12.3. The molecule has 0 spiro atoms. The summed E-state index contributed by atoms with van der Waals surface area (Å²) in [6, 6.07) is 13.7. The van der Waals surface area contributed by atoms with Gasteiger partial charge in [-0.05, 0) is 42.3 Å². The molecule has 5 aromatic rings. The van der Waals surface area contributed by atoms with Crippen LogP contribution in [0.5, 0.6) is 0 Å². The van der Waals surface area contributed by atoms with Crippen LogP contribution in [0.1, 0.15) is 18.0 Å². The van der Waals surface area contributed by atoms with Crippen molar-refractivity contribution in [3.05, 3.63) is 82.7 Å². The van der Waals surface area contributed by atoms with E-state index < -0.39 is 0 Å². The van der Waals surface area contributed by atoms with Gasteiger partial charge in [-0.2, -0.15) is 5.10 Å². The van der Waals surface area contributed by atoms with Crippen molar-refractivity contribution in [1.82, 2.24) is 29.6 Å². The minimum absolute atomic E-state index is 0.0997. The van der Waals surface area contributed by atoms with Crippen LogP contribution in [0.4, 0.5) is 4.39 Å². The van der Waals surface area contributed by atoms with Crippen LogP contribution in [0, 0.1) is 5.82 Å². The van der Waals surface area contributed by atoms with Crippen molar-refractivity contribution in [3.8, 4) is 5.69 Å². The molecule has 3 aromatic heterocycles. The second-order valence-electron chi connectivity index (χ2n) is 8.47. The Hall–Kier alpha value is -3.92. The van der Waals surface area contributed by atoms with Gasteiger partial charge in [0.15, 0.2) is 10.8 Å². The number of nitrogens with zero attached hydrogens (tertiary/aromatic N) is 4. The standard InChI is InChI=1S/C25H21FN6O2S/c26-16-5-7-17(8-6-16)32-23-20(13-29-32)24(34)31-18(14-35-25(31)30-23)11-22(33)27-10-9-15-12-28-21-4-2-1-3-19(15)21/h1-8,12-13,18,28H,9-11,14H2,(H,27,33). The number of benzene rings is 2. The number of nitrogens with one attached hydrogen (secondary N) is 2. The van der Waals surface area contributed by atoms with Gasteiger partial charge in [0.05, 0.1) is 17.9 Å². The maximum atomic E-state index is 13.3. The Morgan fingerprint density at radius 2 is 2.00 bits per heavy atom. The minimum Gasteiger partial charge on any atom is -0.361 e. The lowest BCUT2D eigenvalue weighted by Gasteiger charge is -2.13. The van der Waals surface area contributed by atoms with Crippen molar-refractivity contribution < 1.29 is 9.18 Å². The number of para-hydroxylation sites is 1. The van der Waals surface area contributed by atoms with Crippen LogP contribution in [0.15, 0.2) is 70.9 Å². The Kier molecular flexibility index (Phi) is 5.37. The topological polar surface area (TPSA) is 97.6 Å². The number of rotatable bonds is 6. The fourth-order valence-electron chi connectivity index (χ4n) is 4.51. The highest BCUT2D eigenvalue weighted by atomic mass is 32.2. The lowest BCUT2D eigenvalue weighted by Crippen LogP contribution is -2.31. The van der Waals surface area contributed by atoms with E-state index in [9.17, 15) is 14.0 Å². The number of amides is 1. The summed E-state index contributed by atoms with van der Waals surface area (Å²) in [7, 11) is 0. The molecule has 0 radical (unpaired) electrons. The predicted molar refractivity (Wildman–Crippen MR) is 132 cm³/mol. The fraction of sp³-hybridized carbons (Fsp3) is 0.200. The molecule has 8 nitrogen and oxygen atoms in total. The highest BCUT2D eigenvalue weighted by molar-refractivity contribution is 7.99. The number of carbonyl (C=O) groups excluding carboxylic acids is 1. The third-order valence-electron chi connectivity index (χ3n) is 6.25. The minimum atomic E-state index is -0.350. The van der Waals surface area contributed by atoms with E-state index in [0.717, 1.165) is 22.9 Å². The molecule has 1 amide bonds. The molecule has 1 atom stereocenters. The van der Waals surface area contributed by atoms with Gasteiger partial charge in [0.25, 0.3) is 5.56 Å². The molecular weight excluding hydrogens is 467 g/mol. The van der Waals surface area contributed by atoms with Crippen molar-refractivity contribution in [2.75, 3.05) is 12.3 Å². The summed E-state index contributed by atoms with van der Waals surface area (Å²) in [4.78, 5) is 33.9. The van der Waals surface area contributed by atoms with Gasteiger partial charge in [-0.3, -0.25) is 14.2 Å². The zero-order chi connectivity index (χ0) is 23.9. The van der Waals surface area contributed by atoms with E-state index in [1.807, 2.05) is 24.4 Å². The van der Waals surface area contributed by atoms with Crippen LogP contribution >= 0.6 is 11.8 Å². The van der Waals surface area contributed by atoms with E-state index in [0.29, 0.717) is 34.2 Å². The number of aromatic nitrogens is 5. The third-order valence-corrected chi connectivity index (χ3v) is 7.35. The number of fused-ring (bicyclic) bond motifs is 3. The van der Waals surface area contributed by atoms with Gasteiger partial charge >= 0.3 is 0 Å². The maximum Gasteiger partial charge on any atom is 0.265 e. The van der Waals surface area contributed by atoms with Gasteiger partial charge in [0.1, 0.15) is 11.2 Å². The van der Waals surface area contributed by atoms with Gasteiger partial charge in [-0.25, -0.2) is 14.1 Å². The van der Waals surface area contributed by atoms with E-state index in [4.69, 9.17) is 0 Å². The first-order chi connectivity index (χ1) is 17.1. The molecule has 1 aliphatic heterocycles. The number of hydrogen-bond donors (Lipinski definition) is 2. The molecule has 1 unspecified atom stereocenters. The van der Waals surface area contributed by atoms with Gasteiger partial charge in [0, 0.05) is 35.8 Å². The number of hydrogen-bond acceptors (Lipinski definition) is 5. The highest BCUT2D eigenvalue weighted by Gasteiger charge is 2.29. The number of H-pyrrole nitrogens is 1. The van der Waals surface area contributed by atoms with Crippen LogP contribution in [0.25, 0.3) is 27.6 Å². The normalized spacial score (nSPS) is 15.1. The van der Waals surface area contributed by atoms with Crippen LogP contribution in [-0.2, 0) is 11.2 Å². The van der Waals surface area contributed by atoms with Crippen molar-refractivity contribution in [2.45, 2.75) is 24.0 Å². The Balaban J connectivity index is 1.17. The summed E-state index contributed by atoms with van der Waals surface area (Å²) < 4.78 is 16.4. The Morgan fingerprint density at radius 3 is 2.86 bits per heavy atom. The second-order valence-corrected chi connectivity index (χ2v) is 9.46.